The highest BCUT2D eigenvalue weighted by Crippen LogP contribution is 2.27. The molecule has 2 N–H and O–H groups in total. The fourth-order valence-corrected chi connectivity index (χ4v) is 2.53. The van der Waals surface area contributed by atoms with Crippen molar-refractivity contribution < 1.29 is 4.74 Å². The summed E-state index contributed by atoms with van der Waals surface area (Å²) in [5.74, 6) is 0.915. The Morgan fingerprint density at radius 3 is 3.00 bits per heavy atom. The van der Waals surface area contributed by atoms with Crippen LogP contribution in [0, 0.1) is 6.92 Å². The van der Waals surface area contributed by atoms with E-state index in [1.54, 1.807) is 24.8 Å². The summed E-state index contributed by atoms with van der Waals surface area (Å²) >= 11 is 1.69. The molecule has 0 bridgehead atoms. The summed E-state index contributed by atoms with van der Waals surface area (Å²) in [6.07, 6.45) is 1.61. The SMILES string of the molecule is COCCNCCNc1ncnc2sc(C)cc12. The topological polar surface area (TPSA) is 59.1 Å². The van der Waals surface area contributed by atoms with Gasteiger partial charge in [0.05, 0.1) is 12.0 Å². The van der Waals surface area contributed by atoms with Crippen molar-refractivity contribution in [2.45, 2.75) is 6.92 Å². The van der Waals surface area contributed by atoms with E-state index in [9.17, 15) is 0 Å². The van der Waals surface area contributed by atoms with E-state index in [-0.39, 0.29) is 0 Å². The lowest BCUT2D eigenvalue weighted by molar-refractivity contribution is 0.200. The zero-order chi connectivity index (χ0) is 12.8. The normalized spacial score (nSPS) is 11.0. The van der Waals surface area contributed by atoms with Gasteiger partial charge >= 0.3 is 0 Å². The highest BCUT2D eigenvalue weighted by Gasteiger charge is 2.05. The molecule has 0 aromatic carbocycles. The summed E-state index contributed by atoms with van der Waals surface area (Å²) in [6.45, 7) is 5.42. The van der Waals surface area contributed by atoms with Crippen LogP contribution < -0.4 is 10.6 Å². The van der Waals surface area contributed by atoms with E-state index in [2.05, 4.69) is 33.6 Å². The number of fused-ring (bicyclic) bond motifs is 1. The fourth-order valence-electron chi connectivity index (χ4n) is 1.69. The minimum absolute atomic E-state index is 0.738. The van der Waals surface area contributed by atoms with Gasteiger partial charge in [-0.2, -0.15) is 0 Å². The summed E-state index contributed by atoms with van der Waals surface area (Å²) in [7, 11) is 1.70. The maximum atomic E-state index is 4.96. The first-order chi connectivity index (χ1) is 8.81. The van der Waals surface area contributed by atoms with Gasteiger partial charge in [0.15, 0.2) is 0 Å². The van der Waals surface area contributed by atoms with Gasteiger partial charge in [-0.1, -0.05) is 0 Å². The molecule has 0 aliphatic heterocycles. The van der Waals surface area contributed by atoms with Crippen LogP contribution in [0.1, 0.15) is 4.88 Å². The summed E-state index contributed by atoms with van der Waals surface area (Å²) in [4.78, 5) is 10.8. The van der Waals surface area contributed by atoms with E-state index in [1.165, 1.54) is 4.88 Å². The Morgan fingerprint density at radius 1 is 1.28 bits per heavy atom. The highest BCUT2D eigenvalue weighted by atomic mass is 32.1. The molecule has 0 fully saturated rings. The third-order valence-electron chi connectivity index (χ3n) is 2.53. The van der Waals surface area contributed by atoms with Crippen LogP contribution in [0.25, 0.3) is 10.2 Å². The van der Waals surface area contributed by atoms with Crippen molar-refractivity contribution in [1.29, 1.82) is 0 Å². The van der Waals surface area contributed by atoms with Gasteiger partial charge in [-0.3, -0.25) is 0 Å². The van der Waals surface area contributed by atoms with Gasteiger partial charge in [-0.25, -0.2) is 9.97 Å². The Bertz CT molecular complexity index is 500. The molecule has 0 saturated heterocycles. The fraction of sp³-hybridized carbons (Fsp3) is 0.500. The molecule has 0 spiro atoms. The molecule has 6 heteroatoms. The number of methoxy groups -OCH3 is 1. The molecule has 2 rings (SSSR count). The molecule has 0 radical (unpaired) electrons. The average molecular weight is 266 g/mol. The minimum atomic E-state index is 0.738. The van der Waals surface area contributed by atoms with Crippen molar-refractivity contribution in [1.82, 2.24) is 15.3 Å². The van der Waals surface area contributed by atoms with Crippen molar-refractivity contribution >= 4 is 27.4 Å². The van der Waals surface area contributed by atoms with E-state index in [0.29, 0.717) is 0 Å². The van der Waals surface area contributed by atoms with Crippen molar-refractivity contribution in [2.24, 2.45) is 0 Å². The maximum absolute atomic E-state index is 4.96. The van der Waals surface area contributed by atoms with Gasteiger partial charge in [0, 0.05) is 31.6 Å². The Balaban J connectivity index is 1.87. The standard InChI is InChI=1S/C12H18N4OS/c1-9-7-10-11(15-8-16-12(10)18-9)14-4-3-13-5-6-17-2/h7-8,13H,3-6H2,1-2H3,(H,14,15,16). The second kappa shape index (κ2) is 6.63. The second-order valence-electron chi connectivity index (χ2n) is 3.97. The van der Waals surface area contributed by atoms with Crippen molar-refractivity contribution in [3.05, 3.63) is 17.3 Å². The summed E-state index contributed by atoms with van der Waals surface area (Å²) in [6, 6.07) is 2.13. The Hall–Kier alpha value is -1.24. The van der Waals surface area contributed by atoms with Crippen LogP contribution in [0.2, 0.25) is 0 Å². The highest BCUT2D eigenvalue weighted by molar-refractivity contribution is 7.18. The zero-order valence-electron chi connectivity index (χ0n) is 10.7. The van der Waals surface area contributed by atoms with Crippen LogP contribution in [0.15, 0.2) is 12.4 Å². The number of hydrogen-bond acceptors (Lipinski definition) is 6. The van der Waals surface area contributed by atoms with Crippen molar-refractivity contribution in [3.8, 4) is 0 Å². The molecule has 18 heavy (non-hydrogen) atoms. The van der Waals surface area contributed by atoms with Crippen LogP contribution in [0.5, 0.6) is 0 Å². The van der Waals surface area contributed by atoms with Gasteiger partial charge < -0.3 is 15.4 Å². The number of rotatable bonds is 7. The molecule has 5 nitrogen and oxygen atoms in total. The Morgan fingerprint density at radius 2 is 2.17 bits per heavy atom. The zero-order valence-corrected chi connectivity index (χ0v) is 11.5. The molecular formula is C12H18N4OS. The van der Waals surface area contributed by atoms with Crippen LogP contribution >= 0.6 is 11.3 Å². The minimum Gasteiger partial charge on any atom is -0.383 e. The quantitative estimate of drug-likeness (QED) is 0.746. The van der Waals surface area contributed by atoms with E-state index in [4.69, 9.17) is 4.74 Å². The number of ether oxygens (including phenoxy) is 1. The van der Waals surface area contributed by atoms with Gasteiger partial charge in [0.1, 0.15) is 17.0 Å². The average Bonchev–Trinajstić information content (AvgIpc) is 2.74. The molecule has 98 valence electrons. The number of nitrogens with zero attached hydrogens (tertiary/aromatic N) is 2. The van der Waals surface area contributed by atoms with Crippen molar-refractivity contribution in [2.75, 3.05) is 38.7 Å². The molecule has 0 aliphatic rings. The maximum Gasteiger partial charge on any atom is 0.138 e. The van der Waals surface area contributed by atoms with Crippen LogP contribution in [-0.2, 0) is 4.74 Å². The third kappa shape index (κ3) is 3.38. The number of hydrogen-bond donors (Lipinski definition) is 2. The first kappa shape index (κ1) is 13.2. The lowest BCUT2D eigenvalue weighted by atomic mass is 10.3. The van der Waals surface area contributed by atoms with Crippen molar-refractivity contribution in [3.63, 3.8) is 0 Å². The molecule has 2 heterocycles. The first-order valence-corrected chi connectivity index (χ1v) is 6.77. The Kier molecular flexibility index (Phi) is 4.86. The van der Waals surface area contributed by atoms with E-state index < -0.39 is 0 Å². The smallest absolute Gasteiger partial charge is 0.138 e. The molecule has 0 atom stereocenters. The predicted octanol–water partition coefficient (Wildman–Crippen LogP) is 1.65. The molecular weight excluding hydrogens is 248 g/mol. The predicted molar refractivity (Wildman–Crippen MR) is 75.4 cm³/mol. The van der Waals surface area contributed by atoms with Gasteiger partial charge in [0.2, 0.25) is 0 Å². The van der Waals surface area contributed by atoms with Gasteiger partial charge in [0.25, 0.3) is 0 Å². The number of nitrogens with one attached hydrogen (secondary N) is 2. The summed E-state index contributed by atoms with van der Waals surface area (Å²) in [5.41, 5.74) is 0. The first-order valence-electron chi connectivity index (χ1n) is 5.96. The van der Waals surface area contributed by atoms with E-state index in [0.717, 1.165) is 42.3 Å². The van der Waals surface area contributed by atoms with Crippen LogP contribution in [-0.4, -0.2) is 43.3 Å². The molecule has 0 saturated carbocycles. The molecule has 0 unspecified atom stereocenters. The monoisotopic (exact) mass is 266 g/mol. The van der Waals surface area contributed by atoms with Crippen LogP contribution in [0.3, 0.4) is 0 Å². The van der Waals surface area contributed by atoms with E-state index in [1.807, 2.05) is 0 Å². The lowest BCUT2D eigenvalue weighted by Gasteiger charge is -2.07. The summed E-state index contributed by atoms with van der Waals surface area (Å²) in [5, 5.41) is 7.72. The number of thiophene rings is 1. The third-order valence-corrected chi connectivity index (χ3v) is 3.49. The Labute approximate surface area is 111 Å². The van der Waals surface area contributed by atoms with Crippen LogP contribution in [0.4, 0.5) is 5.82 Å². The lowest BCUT2D eigenvalue weighted by Crippen LogP contribution is -2.25. The summed E-state index contributed by atoms with van der Waals surface area (Å²) < 4.78 is 4.96. The number of aromatic nitrogens is 2. The molecule has 0 aliphatic carbocycles. The largest absolute Gasteiger partial charge is 0.383 e. The molecule has 2 aromatic rings. The molecule has 0 amide bonds. The van der Waals surface area contributed by atoms with E-state index >= 15 is 0 Å². The molecule has 2 aromatic heterocycles. The second-order valence-corrected chi connectivity index (χ2v) is 5.20. The van der Waals surface area contributed by atoms with Gasteiger partial charge in [-0.05, 0) is 13.0 Å². The number of aryl methyl sites for hydroxylation is 1. The van der Waals surface area contributed by atoms with Gasteiger partial charge in [-0.15, -0.1) is 11.3 Å². The number of anilines is 1.